The van der Waals surface area contributed by atoms with Crippen LogP contribution in [0.1, 0.15) is 48.7 Å². The van der Waals surface area contributed by atoms with E-state index >= 15 is 0 Å². The first-order chi connectivity index (χ1) is 15.0. The zero-order chi connectivity index (χ0) is 23.9. The van der Waals surface area contributed by atoms with Gasteiger partial charge >= 0.3 is 0 Å². The number of carboxylic acid groups (broad SMARTS) is 1. The van der Waals surface area contributed by atoms with Crippen LogP contribution < -0.4 is 15.7 Å². The molecule has 0 radical (unpaired) electrons. The fourth-order valence-corrected chi connectivity index (χ4v) is 2.74. The van der Waals surface area contributed by atoms with Crippen LogP contribution in [0.3, 0.4) is 0 Å². The van der Waals surface area contributed by atoms with Crippen molar-refractivity contribution in [2.75, 3.05) is 6.54 Å². The number of rotatable bonds is 8. The molecule has 2 amide bonds. The van der Waals surface area contributed by atoms with Gasteiger partial charge in [0.2, 0.25) is 0 Å². The normalized spacial score (nSPS) is 11.5. The topological polar surface area (TPSA) is 141 Å². The van der Waals surface area contributed by atoms with Crippen molar-refractivity contribution < 1.29 is 24.4 Å². The highest BCUT2D eigenvalue weighted by atomic mass is 16.6. The average Bonchev–Trinajstić information content (AvgIpc) is 2.72. The molecule has 32 heavy (non-hydrogen) atoms. The molecule has 0 saturated carbocycles. The van der Waals surface area contributed by atoms with E-state index in [1.807, 2.05) is 32.9 Å². The van der Waals surface area contributed by atoms with E-state index in [1.54, 1.807) is 12.1 Å². The molecule has 0 fully saturated rings. The fourth-order valence-electron chi connectivity index (χ4n) is 2.74. The molecule has 168 valence electrons. The number of hydrogen-bond donors (Lipinski definition) is 2. The minimum Gasteiger partial charge on any atom is -0.550 e. The van der Waals surface area contributed by atoms with Gasteiger partial charge in [-0.2, -0.15) is 0 Å². The second kappa shape index (κ2) is 10.3. The Morgan fingerprint density at radius 2 is 1.72 bits per heavy atom. The lowest BCUT2D eigenvalue weighted by atomic mass is 9.87. The molecule has 0 unspecified atom stereocenters. The van der Waals surface area contributed by atoms with Crippen LogP contribution in [0.2, 0.25) is 0 Å². The first-order valence-electron chi connectivity index (χ1n) is 9.83. The molecule has 2 aromatic carbocycles. The summed E-state index contributed by atoms with van der Waals surface area (Å²) in [6.07, 6.45) is 0.876. The molecule has 0 aromatic heterocycles. The second-order valence-corrected chi connectivity index (χ2v) is 8.07. The Bertz CT molecular complexity index is 1050. The summed E-state index contributed by atoms with van der Waals surface area (Å²) in [6.45, 7) is 5.92. The van der Waals surface area contributed by atoms with Gasteiger partial charge in [0.15, 0.2) is 0 Å². The van der Waals surface area contributed by atoms with Gasteiger partial charge in [-0.25, -0.2) is 0 Å². The minimum absolute atomic E-state index is 0.0963. The van der Waals surface area contributed by atoms with Crippen molar-refractivity contribution in [2.24, 2.45) is 0 Å². The van der Waals surface area contributed by atoms with Gasteiger partial charge in [0.1, 0.15) is 5.70 Å². The zero-order valence-electron chi connectivity index (χ0n) is 18.0. The van der Waals surface area contributed by atoms with Gasteiger partial charge in [0, 0.05) is 36.6 Å². The summed E-state index contributed by atoms with van der Waals surface area (Å²) in [5, 5.41) is 26.5. The lowest BCUT2D eigenvalue weighted by molar-refractivity contribution is -0.384. The van der Waals surface area contributed by atoms with Gasteiger partial charge in [-0.1, -0.05) is 45.0 Å². The van der Waals surface area contributed by atoms with Crippen LogP contribution in [0.4, 0.5) is 5.69 Å². The molecule has 0 spiro atoms. The monoisotopic (exact) mass is 438 g/mol. The van der Waals surface area contributed by atoms with Crippen LogP contribution in [0.5, 0.6) is 0 Å². The first kappa shape index (κ1) is 24.3. The van der Waals surface area contributed by atoms with Crippen LogP contribution in [0.15, 0.2) is 54.2 Å². The number of non-ortho nitro benzene ring substituents is 1. The molecule has 9 nitrogen and oxygen atoms in total. The summed E-state index contributed by atoms with van der Waals surface area (Å²) >= 11 is 0. The number of hydrogen-bond acceptors (Lipinski definition) is 6. The molecular weight excluding hydrogens is 414 g/mol. The van der Waals surface area contributed by atoms with Crippen LogP contribution in [0.25, 0.3) is 6.08 Å². The van der Waals surface area contributed by atoms with Gasteiger partial charge in [-0.3, -0.25) is 19.7 Å². The highest BCUT2D eigenvalue weighted by Crippen LogP contribution is 2.22. The largest absolute Gasteiger partial charge is 0.550 e. The Hall–Kier alpha value is -4.01. The summed E-state index contributed by atoms with van der Waals surface area (Å²) in [6, 6.07) is 12.4. The summed E-state index contributed by atoms with van der Waals surface area (Å²) in [4.78, 5) is 46.3. The van der Waals surface area contributed by atoms with E-state index in [0.717, 1.165) is 5.56 Å². The number of amides is 2. The molecule has 0 bridgehead atoms. The molecule has 2 aromatic rings. The zero-order valence-corrected chi connectivity index (χ0v) is 18.0. The quantitative estimate of drug-likeness (QED) is 0.366. The molecule has 0 heterocycles. The van der Waals surface area contributed by atoms with E-state index in [-0.39, 0.29) is 23.3 Å². The smallest absolute Gasteiger partial charge is 0.270 e. The molecule has 0 atom stereocenters. The molecule has 0 aliphatic heterocycles. The Labute approximate surface area is 185 Å². The molecule has 2 N–H and O–H groups in total. The number of nitrogens with one attached hydrogen (secondary N) is 2. The lowest BCUT2D eigenvalue weighted by Crippen LogP contribution is -2.37. The predicted octanol–water partition coefficient (Wildman–Crippen LogP) is 1.92. The number of carboxylic acids is 1. The summed E-state index contributed by atoms with van der Waals surface area (Å²) in [7, 11) is 0. The second-order valence-electron chi connectivity index (χ2n) is 8.07. The van der Waals surface area contributed by atoms with E-state index < -0.39 is 29.1 Å². The van der Waals surface area contributed by atoms with Gasteiger partial charge in [0.25, 0.3) is 17.5 Å². The number of benzene rings is 2. The van der Waals surface area contributed by atoms with Crippen LogP contribution >= 0.6 is 0 Å². The highest BCUT2D eigenvalue weighted by Gasteiger charge is 2.17. The van der Waals surface area contributed by atoms with Gasteiger partial charge in [0.05, 0.1) is 4.92 Å². The average molecular weight is 438 g/mol. The van der Waals surface area contributed by atoms with E-state index in [0.29, 0.717) is 11.1 Å². The number of nitro groups is 1. The van der Waals surface area contributed by atoms with Crippen molar-refractivity contribution in [2.45, 2.75) is 32.6 Å². The molecule has 0 saturated heterocycles. The van der Waals surface area contributed by atoms with Crippen LogP contribution in [-0.2, 0) is 15.0 Å². The first-order valence-corrected chi connectivity index (χ1v) is 9.83. The van der Waals surface area contributed by atoms with Crippen molar-refractivity contribution in [3.8, 4) is 0 Å². The maximum Gasteiger partial charge on any atom is 0.270 e. The van der Waals surface area contributed by atoms with E-state index in [2.05, 4.69) is 10.6 Å². The molecular formula is C23H24N3O6-. The Kier molecular flexibility index (Phi) is 7.84. The van der Waals surface area contributed by atoms with Crippen molar-refractivity contribution in [1.82, 2.24) is 10.6 Å². The maximum absolute atomic E-state index is 12.7. The number of aliphatic carboxylic acids is 1. The van der Waals surface area contributed by atoms with E-state index in [9.17, 15) is 29.6 Å². The molecule has 9 heteroatoms. The third-order valence-corrected chi connectivity index (χ3v) is 4.51. The van der Waals surface area contributed by atoms with Crippen LogP contribution in [0, 0.1) is 10.1 Å². The third-order valence-electron chi connectivity index (χ3n) is 4.51. The van der Waals surface area contributed by atoms with E-state index in [4.69, 9.17) is 0 Å². The van der Waals surface area contributed by atoms with Crippen molar-refractivity contribution in [3.63, 3.8) is 0 Å². The minimum atomic E-state index is -1.34. The molecule has 2 rings (SSSR count). The number of carbonyl (C=O) groups is 3. The third kappa shape index (κ3) is 7.05. The summed E-state index contributed by atoms with van der Waals surface area (Å²) in [5.41, 5.74) is 1.19. The highest BCUT2D eigenvalue weighted by molar-refractivity contribution is 6.05. The maximum atomic E-state index is 12.7. The molecule has 0 aliphatic carbocycles. The van der Waals surface area contributed by atoms with Gasteiger partial charge in [-0.15, -0.1) is 0 Å². The fraction of sp³-hybridized carbons (Fsp3) is 0.261. The van der Waals surface area contributed by atoms with Crippen LogP contribution in [-0.4, -0.2) is 29.3 Å². The van der Waals surface area contributed by atoms with Gasteiger partial charge < -0.3 is 20.5 Å². The Morgan fingerprint density at radius 3 is 2.28 bits per heavy atom. The van der Waals surface area contributed by atoms with Crippen molar-refractivity contribution in [3.05, 3.63) is 81.0 Å². The molecule has 0 aliphatic rings. The number of carbonyl (C=O) groups excluding carboxylic acids is 3. The number of nitro benzene ring substituents is 1. The van der Waals surface area contributed by atoms with Crippen molar-refractivity contribution >= 4 is 29.5 Å². The summed E-state index contributed by atoms with van der Waals surface area (Å²) in [5.74, 6) is -2.63. The predicted molar refractivity (Wildman–Crippen MR) is 116 cm³/mol. The lowest BCUT2D eigenvalue weighted by Gasteiger charge is -2.19. The number of nitrogens with zero attached hydrogens (tertiary/aromatic N) is 1. The Balaban J connectivity index is 2.30. The Morgan fingerprint density at radius 1 is 1.06 bits per heavy atom. The van der Waals surface area contributed by atoms with Gasteiger partial charge in [-0.05, 0) is 34.8 Å². The van der Waals surface area contributed by atoms with Crippen molar-refractivity contribution in [1.29, 1.82) is 0 Å². The SMILES string of the molecule is CC(C)(C)c1ccc(C(=O)N/C(=C/c2cccc([N+](=O)[O-])c2)C(=O)NCCC(=O)[O-])cc1. The standard InChI is InChI=1S/C23H25N3O6/c1-23(2,3)17-9-7-16(8-10-17)21(29)25-19(22(30)24-12-11-20(27)28)14-15-5-4-6-18(13-15)26(31)32/h4-10,13-14H,11-12H2,1-3H3,(H,24,30)(H,25,29)(H,27,28)/p-1/b19-14+. The van der Waals surface area contributed by atoms with E-state index in [1.165, 1.54) is 30.3 Å². The summed E-state index contributed by atoms with van der Waals surface area (Å²) < 4.78 is 0.